The third kappa shape index (κ3) is 3.17. The molecule has 0 aliphatic carbocycles. The first-order valence-corrected chi connectivity index (χ1v) is 8.34. The molecule has 1 aromatic carbocycles. The molecule has 0 saturated carbocycles. The average Bonchev–Trinajstić information content (AvgIpc) is 2.42. The van der Waals surface area contributed by atoms with E-state index in [1.54, 1.807) is 24.3 Å². The van der Waals surface area contributed by atoms with Crippen LogP contribution in [0, 0.1) is 11.3 Å². The van der Waals surface area contributed by atoms with Crippen LogP contribution < -0.4 is 4.72 Å². The van der Waals surface area contributed by atoms with Crippen LogP contribution in [0.5, 0.6) is 0 Å². The van der Waals surface area contributed by atoms with Crippen LogP contribution in [0.2, 0.25) is 0 Å². The highest BCUT2D eigenvalue weighted by Crippen LogP contribution is 2.28. The monoisotopic (exact) mass is 415 g/mol. The Labute approximate surface area is 133 Å². The third-order valence-electron chi connectivity index (χ3n) is 2.34. The number of nitriles is 1. The number of pyridine rings is 1. The van der Waals surface area contributed by atoms with Gasteiger partial charge >= 0.3 is 0 Å². The molecule has 2 rings (SSSR count). The number of anilines is 1. The van der Waals surface area contributed by atoms with Crippen molar-refractivity contribution in [2.75, 3.05) is 4.72 Å². The van der Waals surface area contributed by atoms with Crippen molar-refractivity contribution in [1.82, 2.24) is 4.98 Å². The Morgan fingerprint density at radius 1 is 1.25 bits per heavy atom. The number of halogens is 2. The zero-order chi connectivity index (χ0) is 14.8. The van der Waals surface area contributed by atoms with Crippen molar-refractivity contribution < 1.29 is 8.42 Å². The summed E-state index contributed by atoms with van der Waals surface area (Å²) in [7, 11) is -3.88. The molecule has 0 amide bonds. The minimum absolute atomic E-state index is 0.147. The van der Waals surface area contributed by atoms with Gasteiger partial charge in [0.1, 0.15) is 11.0 Å². The summed E-state index contributed by atoms with van der Waals surface area (Å²) < 4.78 is 28.4. The standard InChI is InChI=1S/C12H7Br2N3O2S/c13-8-3-4-9(14)10(6-8)17-20(18,19)12-2-1-5-16-11(12)7-15/h1-6,17H. The van der Waals surface area contributed by atoms with Crippen LogP contribution in [-0.2, 0) is 10.0 Å². The highest BCUT2D eigenvalue weighted by molar-refractivity contribution is 9.11. The van der Waals surface area contributed by atoms with Gasteiger partial charge in [-0.3, -0.25) is 4.72 Å². The van der Waals surface area contributed by atoms with E-state index < -0.39 is 10.0 Å². The second-order valence-electron chi connectivity index (χ2n) is 3.69. The fourth-order valence-corrected chi connectivity index (χ4v) is 3.48. The smallest absolute Gasteiger partial charge is 0.264 e. The third-order valence-corrected chi connectivity index (χ3v) is 4.92. The number of aromatic nitrogens is 1. The van der Waals surface area contributed by atoms with Crippen LogP contribution in [-0.4, -0.2) is 13.4 Å². The van der Waals surface area contributed by atoms with Gasteiger partial charge in [-0.2, -0.15) is 5.26 Å². The number of nitrogens with one attached hydrogen (secondary N) is 1. The van der Waals surface area contributed by atoms with E-state index in [2.05, 4.69) is 41.6 Å². The average molecular weight is 417 g/mol. The molecule has 0 aliphatic heterocycles. The summed E-state index contributed by atoms with van der Waals surface area (Å²) in [6.07, 6.45) is 1.37. The van der Waals surface area contributed by atoms with E-state index in [4.69, 9.17) is 5.26 Å². The molecule has 8 heteroatoms. The number of hydrogen-bond acceptors (Lipinski definition) is 4. The summed E-state index contributed by atoms with van der Waals surface area (Å²) in [5.74, 6) is 0. The molecular weight excluding hydrogens is 410 g/mol. The first kappa shape index (κ1) is 15.0. The molecule has 0 spiro atoms. The molecule has 102 valence electrons. The predicted molar refractivity (Wildman–Crippen MR) is 81.6 cm³/mol. The maximum absolute atomic E-state index is 12.3. The molecule has 2 aromatic rings. The Hall–Kier alpha value is -1.43. The summed E-state index contributed by atoms with van der Waals surface area (Å²) in [5, 5.41) is 8.93. The molecule has 0 saturated heterocycles. The minimum atomic E-state index is -3.88. The predicted octanol–water partition coefficient (Wildman–Crippen LogP) is 3.28. The molecule has 0 radical (unpaired) electrons. The highest BCUT2D eigenvalue weighted by Gasteiger charge is 2.20. The fourth-order valence-electron chi connectivity index (χ4n) is 1.47. The van der Waals surface area contributed by atoms with E-state index in [0.29, 0.717) is 10.2 Å². The molecule has 1 aromatic heterocycles. The fraction of sp³-hybridized carbons (Fsp3) is 0. The van der Waals surface area contributed by atoms with E-state index in [1.807, 2.05) is 0 Å². The van der Waals surface area contributed by atoms with Crippen LogP contribution in [0.4, 0.5) is 5.69 Å². The van der Waals surface area contributed by atoms with Crippen molar-refractivity contribution in [3.63, 3.8) is 0 Å². The normalized spacial score (nSPS) is 10.8. The molecule has 1 N–H and O–H groups in total. The molecule has 5 nitrogen and oxygen atoms in total. The van der Waals surface area contributed by atoms with Crippen molar-refractivity contribution in [2.45, 2.75) is 4.90 Å². The SMILES string of the molecule is N#Cc1ncccc1S(=O)(=O)Nc1cc(Br)ccc1Br. The van der Waals surface area contributed by atoms with E-state index in [1.165, 1.54) is 18.3 Å². The lowest BCUT2D eigenvalue weighted by atomic mass is 10.3. The van der Waals surface area contributed by atoms with E-state index in [0.717, 1.165) is 4.47 Å². The number of nitrogens with zero attached hydrogens (tertiary/aromatic N) is 2. The molecule has 0 aliphatic rings. The zero-order valence-electron chi connectivity index (χ0n) is 9.84. The Kier molecular flexibility index (Phi) is 4.42. The van der Waals surface area contributed by atoms with Gasteiger partial charge in [0.2, 0.25) is 0 Å². The second kappa shape index (κ2) is 5.91. The molecule has 20 heavy (non-hydrogen) atoms. The summed E-state index contributed by atoms with van der Waals surface area (Å²) in [6, 6.07) is 9.65. The van der Waals surface area contributed by atoms with Crippen molar-refractivity contribution in [3.05, 3.63) is 51.2 Å². The summed E-state index contributed by atoms with van der Waals surface area (Å²) in [5.41, 5.74) is 0.221. The van der Waals surface area contributed by atoms with Crippen LogP contribution in [0.25, 0.3) is 0 Å². The van der Waals surface area contributed by atoms with Gasteiger partial charge in [0.05, 0.1) is 5.69 Å². The summed E-state index contributed by atoms with van der Waals surface area (Å²) in [6.45, 7) is 0. The molecule has 0 unspecified atom stereocenters. The maximum atomic E-state index is 12.3. The Balaban J connectivity index is 2.47. The quantitative estimate of drug-likeness (QED) is 0.832. The van der Waals surface area contributed by atoms with Crippen LogP contribution in [0.15, 0.2) is 50.4 Å². The Bertz CT molecular complexity index is 801. The van der Waals surface area contributed by atoms with E-state index >= 15 is 0 Å². The lowest BCUT2D eigenvalue weighted by Gasteiger charge is -2.10. The molecular formula is C12H7Br2N3O2S. The van der Waals surface area contributed by atoms with Crippen molar-refractivity contribution in [1.29, 1.82) is 5.26 Å². The maximum Gasteiger partial charge on any atom is 0.264 e. The topological polar surface area (TPSA) is 82.8 Å². The Morgan fingerprint density at radius 3 is 2.70 bits per heavy atom. The van der Waals surface area contributed by atoms with Crippen molar-refractivity contribution in [2.24, 2.45) is 0 Å². The van der Waals surface area contributed by atoms with Gasteiger partial charge in [-0.25, -0.2) is 13.4 Å². The van der Waals surface area contributed by atoms with Gasteiger partial charge in [-0.05, 0) is 46.3 Å². The largest absolute Gasteiger partial charge is 0.278 e. The molecule has 0 bridgehead atoms. The highest BCUT2D eigenvalue weighted by atomic mass is 79.9. The minimum Gasteiger partial charge on any atom is -0.278 e. The Morgan fingerprint density at radius 2 is 2.00 bits per heavy atom. The molecule has 0 atom stereocenters. The van der Waals surface area contributed by atoms with Gasteiger partial charge < -0.3 is 0 Å². The number of rotatable bonds is 3. The van der Waals surface area contributed by atoms with Crippen LogP contribution in [0.3, 0.4) is 0 Å². The number of benzene rings is 1. The lowest BCUT2D eigenvalue weighted by molar-refractivity contribution is 0.600. The number of hydrogen-bond donors (Lipinski definition) is 1. The zero-order valence-corrected chi connectivity index (χ0v) is 13.8. The van der Waals surface area contributed by atoms with Gasteiger partial charge in [0.25, 0.3) is 10.0 Å². The molecule has 0 fully saturated rings. The van der Waals surface area contributed by atoms with Crippen LogP contribution >= 0.6 is 31.9 Å². The first-order valence-electron chi connectivity index (χ1n) is 5.27. The van der Waals surface area contributed by atoms with Crippen molar-refractivity contribution >= 4 is 47.6 Å². The van der Waals surface area contributed by atoms with E-state index in [9.17, 15) is 8.42 Å². The van der Waals surface area contributed by atoms with Crippen molar-refractivity contribution in [3.8, 4) is 6.07 Å². The van der Waals surface area contributed by atoms with E-state index in [-0.39, 0.29) is 10.6 Å². The first-order chi connectivity index (χ1) is 9.44. The molecule has 1 heterocycles. The summed E-state index contributed by atoms with van der Waals surface area (Å²) in [4.78, 5) is 3.59. The summed E-state index contributed by atoms with van der Waals surface area (Å²) >= 11 is 6.53. The van der Waals surface area contributed by atoms with Gasteiger partial charge in [-0.1, -0.05) is 15.9 Å². The van der Waals surface area contributed by atoms with Gasteiger partial charge in [0, 0.05) is 15.1 Å². The number of sulfonamides is 1. The van der Waals surface area contributed by atoms with Gasteiger partial charge in [0.15, 0.2) is 5.69 Å². The lowest BCUT2D eigenvalue weighted by Crippen LogP contribution is -2.15. The van der Waals surface area contributed by atoms with Gasteiger partial charge in [-0.15, -0.1) is 0 Å². The second-order valence-corrected chi connectivity index (χ2v) is 7.11. The van der Waals surface area contributed by atoms with Crippen LogP contribution in [0.1, 0.15) is 5.69 Å².